The van der Waals surface area contributed by atoms with Crippen LogP contribution in [-0.2, 0) is 0 Å². The number of allylic oxidation sites excluding steroid dienone is 4. The van der Waals surface area contributed by atoms with E-state index in [0.717, 1.165) is 10.3 Å². The molecule has 4 N–H and O–H groups in total. The van der Waals surface area contributed by atoms with Crippen LogP contribution in [0.4, 0.5) is 0 Å². The predicted octanol–water partition coefficient (Wildman–Crippen LogP) is 2.51. The molecule has 1 aromatic rings. The number of hydrazine groups is 1. The first-order chi connectivity index (χ1) is 7.63. The van der Waals surface area contributed by atoms with E-state index in [1.807, 2.05) is 19.2 Å². The lowest BCUT2D eigenvalue weighted by Crippen LogP contribution is -2.18. The molecule has 1 aliphatic carbocycles. The van der Waals surface area contributed by atoms with Crippen molar-refractivity contribution in [2.45, 2.75) is 13.8 Å². The van der Waals surface area contributed by atoms with E-state index in [9.17, 15) is 0 Å². The number of H-pyrrole nitrogens is 1. The standard InChI is InChI=1S/C12H15N3S/c1-7(15-13)5-10-8(2)12(10)9-3-4-11(16)14-6-9/h3-6,8,15H,13H2,1-2H3,(H,14,16)/b7-5-. The fourth-order valence-corrected chi connectivity index (χ4v) is 1.96. The van der Waals surface area contributed by atoms with Crippen molar-refractivity contribution in [2.75, 3.05) is 0 Å². The average molecular weight is 233 g/mol. The molecule has 2 rings (SSSR count). The van der Waals surface area contributed by atoms with E-state index >= 15 is 0 Å². The van der Waals surface area contributed by atoms with E-state index in [1.54, 1.807) is 0 Å². The molecule has 4 heteroatoms. The zero-order chi connectivity index (χ0) is 11.7. The predicted molar refractivity (Wildman–Crippen MR) is 68.8 cm³/mol. The SMILES string of the molecule is C/C(=C/C1=C(c2ccc(=S)[nH]c2)C1C)NN. The summed E-state index contributed by atoms with van der Waals surface area (Å²) in [5.74, 6) is 5.84. The highest BCUT2D eigenvalue weighted by atomic mass is 32.1. The third-order valence-corrected chi connectivity index (χ3v) is 3.08. The monoisotopic (exact) mass is 233 g/mol. The molecule has 16 heavy (non-hydrogen) atoms. The maximum atomic E-state index is 5.34. The maximum Gasteiger partial charge on any atom is 0.103 e. The van der Waals surface area contributed by atoms with Crippen molar-refractivity contribution in [3.8, 4) is 0 Å². The quantitative estimate of drug-likeness (QED) is 0.427. The Morgan fingerprint density at radius 3 is 2.88 bits per heavy atom. The smallest absolute Gasteiger partial charge is 0.103 e. The first-order valence-electron chi connectivity index (χ1n) is 5.21. The molecule has 0 spiro atoms. The van der Waals surface area contributed by atoms with Gasteiger partial charge in [0.2, 0.25) is 0 Å². The van der Waals surface area contributed by atoms with Gasteiger partial charge in [-0.05, 0) is 35.8 Å². The van der Waals surface area contributed by atoms with E-state index in [4.69, 9.17) is 18.1 Å². The fraction of sp³-hybridized carbons (Fsp3) is 0.250. The minimum atomic E-state index is 0.507. The van der Waals surface area contributed by atoms with Gasteiger partial charge in [-0.1, -0.05) is 25.2 Å². The van der Waals surface area contributed by atoms with Gasteiger partial charge in [0.15, 0.2) is 0 Å². The molecule has 0 saturated heterocycles. The number of hydrogen-bond acceptors (Lipinski definition) is 3. The van der Waals surface area contributed by atoms with Crippen LogP contribution in [0.3, 0.4) is 0 Å². The number of aromatic amines is 1. The van der Waals surface area contributed by atoms with Crippen LogP contribution in [0.1, 0.15) is 19.4 Å². The molecule has 0 amide bonds. The van der Waals surface area contributed by atoms with E-state index < -0.39 is 0 Å². The van der Waals surface area contributed by atoms with Crippen LogP contribution >= 0.6 is 12.2 Å². The lowest BCUT2D eigenvalue weighted by Gasteiger charge is -1.94. The second kappa shape index (κ2) is 4.23. The summed E-state index contributed by atoms with van der Waals surface area (Å²) in [4.78, 5) is 3.05. The largest absolute Gasteiger partial charge is 0.352 e. The van der Waals surface area contributed by atoms with Gasteiger partial charge in [0.25, 0.3) is 0 Å². The fourth-order valence-electron chi connectivity index (χ4n) is 1.83. The molecular weight excluding hydrogens is 218 g/mol. The van der Waals surface area contributed by atoms with Crippen LogP contribution in [0.2, 0.25) is 0 Å². The number of pyridine rings is 1. The van der Waals surface area contributed by atoms with Crippen molar-refractivity contribution < 1.29 is 0 Å². The molecule has 1 unspecified atom stereocenters. The van der Waals surface area contributed by atoms with Crippen molar-refractivity contribution in [2.24, 2.45) is 11.8 Å². The molecular formula is C12H15N3S. The van der Waals surface area contributed by atoms with Gasteiger partial charge in [-0.15, -0.1) is 0 Å². The third-order valence-electron chi connectivity index (χ3n) is 2.82. The van der Waals surface area contributed by atoms with Gasteiger partial charge in [0.05, 0.1) is 0 Å². The molecule has 0 aliphatic heterocycles. The van der Waals surface area contributed by atoms with E-state index in [0.29, 0.717) is 5.92 Å². The summed E-state index contributed by atoms with van der Waals surface area (Å²) < 4.78 is 0.759. The molecule has 1 atom stereocenters. The molecule has 3 nitrogen and oxygen atoms in total. The lowest BCUT2D eigenvalue weighted by molar-refractivity contribution is 0.882. The highest BCUT2D eigenvalue weighted by Gasteiger charge is 2.31. The molecule has 0 saturated carbocycles. The average Bonchev–Trinajstić information content (AvgIpc) is 2.90. The molecule has 1 aliphatic rings. The van der Waals surface area contributed by atoms with Gasteiger partial charge in [0.1, 0.15) is 4.64 Å². The zero-order valence-corrected chi connectivity index (χ0v) is 10.2. The number of nitrogens with two attached hydrogens (primary N) is 1. The molecule has 0 fully saturated rings. The van der Waals surface area contributed by atoms with E-state index in [2.05, 4.69) is 29.5 Å². The number of hydrogen-bond donors (Lipinski definition) is 3. The van der Waals surface area contributed by atoms with Crippen molar-refractivity contribution in [3.05, 3.63) is 45.9 Å². The molecule has 84 valence electrons. The second-order valence-electron chi connectivity index (χ2n) is 4.00. The van der Waals surface area contributed by atoms with Crippen LogP contribution < -0.4 is 11.3 Å². The highest BCUT2D eigenvalue weighted by molar-refractivity contribution is 7.71. The number of aromatic nitrogens is 1. The van der Waals surface area contributed by atoms with Gasteiger partial charge in [-0.25, -0.2) is 0 Å². The number of nitrogens with one attached hydrogen (secondary N) is 2. The second-order valence-corrected chi connectivity index (χ2v) is 4.44. The van der Waals surface area contributed by atoms with E-state index in [-0.39, 0.29) is 0 Å². The molecule has 0 bridgehead atoms. The van der Waals surface area contributed by atoms with Gasteiger partial charge in [0, 0.05) is 17.8 Å². The highest BCUT2D eigenvalue weighted by Crippen LogP contribution is 2.47. The summed E-state index contributed by atoms with van der Waals surface area (Å²) in [5, 5.41) is 0. The summed E-state index contributed by atoms with van der Waals surface area (Å²) in [5.41, 5.74) is 7.52. The Kier molecular flexibility index (Phi) is 2.94. The van der Waals surface area contributed by atoms with Crippen molar-refractivity contribution in [1.29, 1.82) is 0 Å². The van der Waals surface area contributed by atoms with Gasteiger partial charge in [-0.2, -0.15) is 0 Å². The van der Waals surface area contributed by atoms with Crippen LogP contribution in [0.15, 0.2) is 35.7 Å². The van der Waals surface area contributed by atoms with Crippen LogP contribution in [-0.4, -0.2) is 4.98 Å². The molecule has 1 aromatic heterocycles. The first kappa shape index (κ1) is 11.1. The lowest BCUT2D eigenvalue weighted by atomic mass is 10.2. The van der Waals surface area contributed by atoms with Crippen molar-refractivity contribution >= 4 is 17.8 Å². The Morgan fingerprint density at radius 2 is 2.31 bits per heavy atom. The van der Waals surface area contributed by atoms with Crippen LogP contribution in [0, 0.1) is 10.6 Å². The van der Waals surface area contributed by atoms with Crippen LogP contribution in [0.25, 0.3) is 5.57 Å². The van der Waals surface area contributed by atoms with Crippen LogP contribution in [0.5, 0.6) is 0 Å². The molecule has 0 aromatic carbocycles. The van der Waals surface area contributed by atoms with E-state index in [1.165, 1.54) is 16.7 Å². The minimum absolute atomic E-state index is 0.507. The zero-order valence-electron chi connectivity index (χ0n) is 9.37. The summed E-state index contributed by atoms with van der Waals surface area (Å²) >= 11 is 5.02. The van der Waals surface area contributed by atoms with Gasteiger partial charge >= 0.3 is 0 Å². The number of rotatable bonds is 3. The maximum absolute atomic E-state index is 5.34. The topological polar surface area (TPSA) is 53.8 Å². The van der Waals surface area contributed by atoms with Gasteiger partial charge in [-0.3, -0.25) is 5.84 Å². The summed E-state index contributed by atoms with van der Waals surface area (Å²) in [6.07, 6.45) is 4.04. The van der Waals surface area contributed by atoms with Crippen molar-refractivity contribution in [3.63, 3.8) is 0 Å². The summed E-state index contributed by atoms with van der Waals surface area (Å²) in [6, 6.07) is 3.97. The first-order valence-corrected chi connectivity index (χ1v) is 5.62. The summed E-state index contributed by atoms with van der Waals surface area (Å²) in [6.45, 7) is 4.14. The normalized spacial score (nSPS) is 19.9. The Balaban J connectivity index is 2.29. The third kappa shape index (κ3) is 2.08. The Bertz CT molecular complexity index is 505. The summed E-state index contributed by atoms with van der Waals surface area (Å²) in [7, 11) is 0. The Labute approximate surface area is 100 Å². The van der Waals surface area contributed by atoms with Gasteiger partial charge < -0.3 is 10.4 Å². The molecule has 1 heterocycles. The van der Waals surface area contributed by atoms with Crippen molar-refractivity contribution in [1.82, 2.24) is 10.4 Å². The minimum Gasteiger partial charge on any atom is -0.352 e. The molecule has 0 radical (unpaired) electrons. The Morgan fingerprint density at radius 1 is 1.56 bits per heavy atom. The Hall–Kier alpha value is -1.39.